The highest BCUT2D eigenvalue weighted by Crippen LogP contribution is 2.32. The number of benzene rings is 5. The van der Waals surface area contributed by atoms with Crippen molar-refractivity contribution in [2.45, 2.75) is 117 Å². The van der Waals surface area contributed by atoms with Gasteiger partial charge in [-0.3, -0.25) is 20.2 Å². The second-order valence-corrected chi connectivity index (χ2v) is 17.6. The molecule has 0 unspecified atom stereocenters. The standard InChI is InChI=1S/C58H60N6O8/c1-3-5-7-9-11-13-15-17-38-69-53-36-30-45(40-51(53)63(65)66)24-22-43-26-32-47(33-27-43)55-59-61-57(71-55)49-20-19-21-50(42-49)58-62-60-56(72-58)48-34-28-44(29-35-48)23-25-46-31-37-54(52(41-46)64(67)68)70-39-18-16-14-12-10-8-6-4-2/h19-21,26-37,40-42H,3-18,38-39H2,1-2H3. The van der Waals surface area contributed by atoms with Crippen LogP contribution in [-0.4, -0.2) is 43.5 Å². The molecule has 0 fully saturated rings. The van der Waals surface area contributed by atoms with Gasteiger partial charge in [-0.25, -0.2) is 0 Å². The number of hydrogen-bond donors (Lipinski definition) is 0. The van der Waals surface area contributed by atoms with Gasteiger partial charge in [-0.15, -0.1) is 20.4 Å². The summed E-state index contributed by atoms with van der Waals surface area (Å²) in [6.07, 6.45) is 18.6. The van der Waals surface area contributed by atoms with Gasteiger partial charge in [0, 0.05) is 56.6 Å². The van der Waals surface area contributed by atoms with Gasteiger partial charge in [-0.2, -0.15) is 0 Å². The first-order chi connectivity index (χ1) is 35.3. The van der Waals surface area contributed by atoms with E-state index in [9.17, 15) is 20.2 Å². The average Bonchev–Trinajstić information content (AvgIpc) is 4.12. The third kappa shape index (κ3) is 15.4. The van der Waals surface area contributed by atoms with Crippen molar-refractivity contribution in [1.29, 1.82) is 0 Å². The lowest BCUT2D eigenvalue weighted by atomic mass is 10.1. The van der Waals surface area contributed by atoms with E-state index in [0.717, 1.165) is 38.5 Å². The maximum atomic E-state index is 11.9. The van der Waals surface area contributed by atoms with Crippen molar-refractivity contribution >= 4 is 11.4 Å². The van der Waals surface area contributed by atoms with Crippen molar-refractivity contribution in [3.05, 3.63) is 152 Å². The maximum Gasteiger partial charge on any atom is 0.312 e. The van der Waals surface area contributed by atoms with Crippen molar-refractivity contribution in [2.75, 3.05) is 13.2 Å². The second kappa shape index (κ2) is 27.3. The van der Waals surface area contributed by atoms with Crippen LogP contribution in [0.5, 0.6) is 11.5 Å². The van der Waals surface area contributed by atoms with Crippen LogP contribution in [-0.2, 0) is 0 Å². The molecule has 0 bridgehead atoms. The fourth-order valence-electron chi connectivity index (χ4n) is 7.94. The van der Waals surface area contributed by atoms with Crippen LogP contribution in [0.4, 0.5) is 11.4 Å². The Hall–Kier alpha value is -8.10. The second-order valence-electron chi connectivity index (χ2n) is 17.6. The van der Waals surface area contributed by atoms with Gasteiger partial charge in [-0.1, -0.05) is 133 Å². The Balaban J connectivity index is 0.911. The Kier molecular flexibility index (Phi) is 19.6. The van der Waals surface area contributed by atoms with Crippen molar-refractivity contribution in [2.24, 2.45) is 0 Å². The number of nitrogens with zero attached hydrogens (tertiary/aromatic N) is 6. The van der Waals surface area contributed by atoms with E-state index in [2.05, 4.69) is 57.9 Å². The molecular weight excluding hydrogens is 909 g/mol. The molecule has 0 aliphatic heterocycles. The molecule has 0 aliphatic rings. The van der Waals surface area contributed by atoms with Crippen LogP contribution in [0.25, 0.3) is 45.8 Å². The Bertz CT molecular complexity index is 2800. The minimum Gasteiger partial charge on any atom is -0.487 e. The Morgan fingerprint density at radius 3 is 1.12 bits per heavy atom. The molecule has 14 nitrogen and oxygen atoms in total. The van der Waals surface area contributed by atoms with Crippen molar-refractivity contribution < 1.29 is 28.2 Å². The molecule has 2 heterocycles. The molecule has 0 atom stereocenters. The highest BCUT2D eigenvalue weighted by molar-refractivity contribution is 5.67. The average molecular weight is 969 g/mol. The van der Waals surface area contributed by atoms with Gasteiger partial charge in [0.1, 0.15) is 0 Å². The van der Waals surface area contributed by atoms with Crippen LogP contribution in [0.15, 0.2) is 118 Å². The Morgan fingerprint density at radius 1 is 0.417 bits per heavy atom. The van der Waals surface area contributed by atoms with Crippen LogP contribution in [0.3, 0.4) is 0 Å². The van der Waals surface area contributed by atoms with Gasteiger partial charge in [0.25, 0.3) is 0 Å². The number of ether oxygens (including phenoxy) is 2. The summed E-state index contributed by atoms with van der Waals surface area (Å²) in [5.74, 6) is 13.9. The van der Waals surface area contributed by atoms with E-state index >= 15 is 0 Å². The van der Waals surface area contributed by atoms with E-state index in [4.69, 9.17) is 18.3 Å². The molecule has 0 saturated heterocycles. The van der Waals surface area contributed by atoms with Crippen LogP contribution in [0.2, 0.25) is 0 Å². The summed E-state index contributed by atoms with van der Waals surface area (Å²) in [5.41, 5.74) is 4.90. The summed E-state index contributed by atoms with van der Waals surface area (Å²) in [4.78, 5) is 22.8. The SMILES string of the molecule is CCCCCCCCCCOc1ccc(C#Cc2ccc(-c3nnc(-c4cccc(-c5nnc(-c6ccc(C#Cc7ccc(OCCCCCCCCCC)c([N+](=O)[O-])c7)cc6)o5)c4)o3)cc2)cc1[N+](=O)[O-]. The number of nitro benzene ring substituents is 2. The first-order valence-corrected chi connectivity index (χ1v) is 25.1. The quantitative estimate of drug-likeness (QED) is 0.0217. The van der Waals surface area contributed by atoms with Gasteiger partial charge in [0.15, 0.2) is 11.5 Å². The van der Waals surface area contributed by atoms with Crippen molar-refractivity contribution in [1.82, 2.24) is 20.4 Å². The minimum atomic E-state index is -0.435. The molecule has 0 saturated carbocycles. The molecule has 14 heteroatoms. The van der Waals surface area contributed by atoms with Crippen LogP contribution >= 0.6 is 0 Å². The number of aromatic nitrogens is 4. The molecular formula is C58H60N6O8. The Labute approximate surface area is 420 Å². The summed E-state index contributed by atoms with van der Waals surface area (Å²) >= 11 is 0. The van der Waals surface area contributed by atoms with Crippen molar-refractivity contribution in [3.8, 4) is 81.0 Å². The molecule has 0 spiro atoms. The lowest BCUT2D eigenvalue weighted by molar-refractivity contribution is -0.386. The molecule has 7 aromatic rings. The normalized spacial score (nSPS) is 10.8. The first-order valence-electron chi connectivity index (χ1n) is 25.1. The Morgan fingerprint density at radius 2 is 0.750 bits per heavy atom. The molecule has 370 valence electrons. The summed E-state index contributed by atoms with van der Waals surface area (Å²) < 4.78 is 23.7. The lowest BCUT2D eigenvalue weighted by Gasteiger charge is -2.07. The zero-order chi connectivity index (χ0) is 50.3. The monoisotopic (exact) mass is 968 g/mol. The van der Waals surface area contributed by atoms with Gasteiger partial charge in [0.2, 0.25) is 23.6 Å². The predicted octanol–water partition coefficient (Wildman–Crippen LogP) is 14.8. The topological polar surface area (TPSA) is 183 Å². The summed E-state index contributed by atoms with van der Waals surface area (Å²) in [6, 6.07) is 31.5. The van der Waals surface area contributed by atoms with Crippen LogP contribution in [0.1, 0.15) is 139 Å². The molecule has 7 rings (SSSR count). The van der Waals surface area contributed by atoms with Crippen LogP contribution < -0.4 is 9.47 Å². The minimum absolute atomic E-state index is 0.103. The number of unbranched alkanes of at least 4 members (excludes halogenated alkanes) is 14. The van der Waals surface area contributed by atoms with E-state index < -0.39 is 9.85 Å². The van der Waals surface area contributed by atoms with Gasteiger partial charge in [-0.05, 0) is 104 Å². The maximum absolute atomic E-state index is 11.9. The number of rotatable bonds is 26. The smallest absolute Gasteiger partial charge is 0.312 e. The van der Waals surface area contributed by atoms with Crippen molar-refractivity contribution in [3.63, 3.8) is 0 Å². The predicted molar refractivity (Wildman–Crippen MR) is 278 cm³/mol. The summed E-state index contributed by atoms with van der Waals surface area (Å²) in [5, 5.41) is 40.8. The van der Waals surface area contributed by atoms with E-state index in [1.165, 1.54) is 76.3 Å². The molecule has 0 aliphatic carbocycles. The zero-order valence-corrected chi connectivity index (χ0v) is 41.1. The third-order valence-corrected chi connectivity index (χ3v) is 12.0. The third-order valence-electron chi connectivity index (χ3n) is 12.0. The molecule has 72 heavy (non-hydrogen) atoms. The lowest BCUT2D eigenvalue weighted by Crippen LogP contribution is -2.01. The molecule has 0 radical (unpaired) electrons. The molecule has 2 aromatic heterocycles. The summed E-state index contributed by atoms with van der Waals surface area (Å²) in [7, 11) is 0. The van der Waals surface area contributed by atoms with E-state index in [1.54, 1.807) is 24.3 Å². The highest BCUT2D eigenvalue weighted by Gasteiger charge is 2.18. The number of nitro groups is 2. The van der Waals surface area contributed by atoms with Gasteiger partial charge >= 0.3 is 11.4 Å². The van der Waals surface area contributed by atoms with E-state index in [0.29, 0.717) is 81.3 Å². The van der Waals surface area contributed by atoms with E-state index in [-0.39, 0.29) is 22.9 Å². The first kappa shape index (κ1) is 51.7. The van der Waals surface area contributed by atoms with Crippen LogP contribution in [0, 0.1) is 43.9 Å². The van der Waals surface area contributed by atoms with Gasteiger partial charge < -0.3 is 18.3 Å². The molecule has 0 N–H and O–H groups in total. The molecule has 0 amide bonds. The summed E-state index contributed by atoms with van der Waals surface area (Å²) in [6.45, 7) is 5.30. The molecule has 5 aromatic carbocycles. The highest BCUT2D eigenvalue weighted by atomic mass is 16.6. The zero-order valence-electron chi connectivity index (χ0n) is 41.1. The largest absolute Gasteiger partial charge is 0.487 e. The van der Waals surface area contributed by atoms with Gasteiger partial charge in [0.05, 0.1) is 23.1 Å². The fourth-order valence-corrected chi connectivity index (χ4v) is 7.94. The number of hydrogen-bond acceptors (Lipinski definition) is 12. The van der Waals surface area contributed by atoms with E-state index in [1.807, 2.05) is 72.8 Å². The fraction of sp³-hybridized carbons (Fsp3) is 0.345.